The van der Waals surface area contributed by atoms with Gasteiger partial charge < -0.3 is 18.9 Å². The van der Waals surface area contributed by atoms with Gasteiger partial charge in [-0.05, 0) is 37.1 Å². The number of hydrogen-bond acceptors (Lipinski definition) is 7. The lowest BCUT2D eigenvalue weighted by atomic mass is 10.1. The highest BCUT2D eigenvalue weighted by Crippen LogP contribution is 2.23. The summed E-state index contributed by atoms with van der Waals surface area (Å²) in [6, 6.07) is 13.5. The average Bonchev–Trinajstić information content (AvgIpc) is 3.22. The van der Waals surface area contributed by atoms with Gasteiger partial charge in [0.05, 0.1) is 11.7 Å². The molecule has 0 radical (unpaired) electrons. The molecule has 3 heterocycles. The summed E-state index contributed by atoms with van der Waals surface area (Å²) >= 11 is 0. The first-order valence-electron chi connectivity index (χ1n) is 9.06. The van der Waals surface area contributed by atoms with E-state index in [2.05, 4.69) is 20.0 Å². The predicted molar refractivity (Wildman–Crippen MR) is 101 cm³/mol. The van der Waals surface area contributed by atoms with E-state index in [1.54, 1.807) is 13.3 Å². The second-order valence-corrected chi connectivity index (χ2v) is 6.44. The molecule has 2 aromatic heterocycles. The summed E-state index contributed by atoms with van der Waals surface area (Å²) in [5.74, 6) is 2.67. The molecule has 7 heteroatoms. The molecule has 0 unspecified atom stereocenters. The molecule has 0 amide bonds. The number of benzene rings is 1. The van der Waals surface area contributed by atoms with Crippen molar-refractivity contribution < 1.29 is 14.0 Å². The predicted octanol–water partition coefficient (Wildman–Crippen LogP) is 3.33. The molecule has 4 rings (SSSR count). The normalized spacial score (nSPS) is 15.1. The van der Waals surface area contributed by atoms with Crippen molar-refractivity contribution in [2.45, 2.75) is 25.6 Å². The van der Waals surface area contributed by atoms with Crippen molar-refractivity contribution in [3.8, 4) is 17.2 Å². The third-order valence-corrected chi connectivity index (χ3v) is 4.67. The highest BCUT2D eigenvalue weighted by molar-refractivity contribution is 5.54. The lowest BCUT2D eigenvalue weighted by molar-refractivity contribution is 0.0818. The van der Waals surface area contributed by atoms with E-state index < -0.39 is 0 Å². The molecule has 140 valence electrons. The highest BCUT2D eigenvalue weighted by Gasteiger charge is 2.20. The maximum Gasteiger partial charge on any atom is 0.259 e. The third-order valence-electron chi connectivity index (χ3n) is 4.67. The summed E-state index contributed by atoms with van der Waals surface area (Å²) < 4.78 is 16.4. The molecule has 1 aliphatic heterocycles. The van der Waals surface area contributed by atoms with Crippen LogP contribution in [0, 0.1) is 0 Å². The van der Waals surface area contributed by atoms with E-state index in [4.69, 9.17) is 14.0 Å². The van der Waals surface area contributed by atoms with Crippen LogP contribution >= 0.6 is 0 Å². The van der Waals surface area contributed by atoms with E-state index in [9.17, 15) is 0 Å². The van der Waals surface area contributed by atoms with Crippen molar-refractivity contribution in [1.29, 1.82) is 0 Å². The van der Waals surface area contributed by atoms with Crippen LogP contribution in [-0.4, -0.2) is 41.4 Å². The summed E-state index contributed by atoms with van der Waals surface area (Å²) in [7, 11) is 1.77. The minimum Gasteiger partial charge on any atom is -0.485 e. The van der Waals surface area contributed by atoms with Gasteiger partial charge in [0.15, 0.2) is 6.61 Å². The smallest absolute Gasteiger partial charge is 0.259 e. The molecule has 1 aromatic carbocycles. The van der Waals surface area contributed by atoms with Gasteiger partial charge in [-0.15, -0.1) is 0 Å². The van der Waals surface area contributed by atoms with Gasteiger partial charge in [0.1, 0.15) is 11.6 Å². The van der Waals surface area contributed by atoms with E-state index in [0.29, 0.717) is 17.8 Å². The fourth-order valence-electron chi connectivity index (χ4n) is 3.11. The minimum atomic E-state index is 0.257. The first kappa shape index (κ1) is 17.5. The Morgan fingerprint density at radius 3 is 2.63 bits per heavy atom. The van der Waals surface area contributed by atoms with Crippen molar-refractivity contribution in [3.63, 3.8) is 0 Å². The lowest BCUT2D eigenvalue weighted by Gasteiger charge is -2.32. The molecular formula is C20H22N4O3. The molecule has 0 aliphatic carbocycles. The maximum atomic E-state index is 5.64. The van der Waals surface area contributed by atoms with Gasteiger partial charge in [0.25, 0.3) is 5.89 Å². The standard InChI is InChI=1S/C20H22N4O3/c1-25-16-9-11-24(12-10-16)19-8-7-15(13-21-19)20-22-18(23-27-20)14-26-17-5-3-2-4-6-17/h2-8,13,16H,9-12,14H2,1H3. The Balaban J connectivity index is 1.37. The Hall–Kier alpha value is -2.93. The molecular weight excluding hydrogens is 344 g/mol. The highest BCUT2D eigenvalue weighted by atomic mass is 16.5. The van der Waals surface area contributed by atoms with E-state index in [0.717, 1.165) is 43.1 Å². The van der Waals surface area contributed by atoms with Crippen LogP contribution in [0.1, 0.15) is 18.7 Å². The summed E-state index contributed by atoms with van der Waals surface area (Å²) in [6.45, 7) is 2.16. The molecule has 0 bridgehead atoms. The minimum absolute atomic E-state index is 0.257. The second-order valence-electron chi connectivity index (χ2n) is 6.44. The van der Waals surface area contributed by atoms with Gasteiger partial charge in [-0.25, -0.2) is 4.98 Å². The summed E-state index contributed by atoms with van der Waals surface area (Å²) in [5, 5.41) is 3.97. The largest absolute Gasteiger partial charge is 0.485 e. The maximum absolute atomic E-state index is 5.64. The van der Waals surface area contributed by atoms with E-state index >= 15 is 0 Å². The molecule has 3 aromatic rings. The van der Waals surface area contributed by atoms with Gasteiger partial charge in [-0.1, -0.05) is 23.4 Å². The molecule has 1 fully saturated rings. The number of para-hydroxylation sites is 1. The van der Waals surface area contributed by atoms with Crippen LogP contribution in [0.25, 0.3) is 11.5 Å². The second kappa shape index (κ2) is 8.18. The molecule has 1 saturated heterocycles. The molecule has 0 saturated carbocycles. The Labute approximate surface area is 157 Å². The fraction of sp³-hybridized carbons (Fsp3) is 0.350. The van der Waals surface area contributed by atoms with Crippen molar-refractivity contribution in [2.24, 2.45) is 0 Å². The number of hydrogen-bond donors (Lipinski definition) is 0. The third kappa shape index (κ3) is 4.25. The molecule has 0 spiro atoms. The zero-order valence-electron chi connectivity index (χ0n) is 15.2. The van der Waals surface area contributed by atoms with Gasteiger partial charge in [-0.2, -0.15) is 4.98 Å². The number of rotatable bonds is 6. The first-order valence-corrected chi connectivity index (χ1v) is 9.06. The van der Waals surface area contributed by atoms with Crippen LogP contribution in [0.4, 0.5) is 5.82 Å². The monoisotopic (exact) mass is 366 g/mol. The number of aromatic nitrogens is 3. The van der Waals surface area contributed by atoms with Crippen LogP contribution in [0.5, 0.6) is 5.75 Å². The van der Waals surface area contributed by atoms with E-state index in [1.165, 1.54) is 0 Å². The van der Waals surface area contributed by atoms with Crippen LogP contribution in [-0.2, 0) is 11.3 Å². The number of ether oxygens (including phenoxy) is 2. The van der Waals surface area contributed by atoms with E-state index in [1.807, 2.05) is 42.5 Å². The molecule has 1 aliphatic rings. The lowest BCUT2D eigenvalue weighted by Crippen LogP contribution is -2.37. The zero-order chi connectivity index (χ0) is 18.5. The summed E-state index contributed by atoms with van der Waals surface area (Å²) in [4.78, 5) is 11.2. The zero-order valence-corrected chi connectivity index (χ0v) is 15.2. The number of piperidine rings is 1. The van der Waals surface area contributed by atoms with Crippen LogP contribution in [0.15, 0.2) is 53.2 Å². The van der Waals surface area contributed by atoms with Crippen LogP contribution in [0.3, 0.4) is 0 Å². The number of nitrogens with zero attached hydrogens (tertiary/aromatic N) is 4. The number of anilines is 1. The van der Waals surface area contributed by atoms with Crippen molar-refractivity contribution in [1.82, 2.24) is 15.1 Å². The molecule has 7 nitrogen and oxygen atoms in total. The van der Waals surface area contributed by atoms with Crippen molar-refractivity contribution in [2.75, 3.05) is 25.1 Å². The number of methoxy groups -OCH3 is 1. The fourth-order valence-corrected chi connectivity index (χ4v) is 3.11. The molecule has 27 heavy (non-hydrogen) atoms. The Bertz CT molecular complexity index is 843. The SMILES string of the molecule is COC1CCN(c2ccc(-c3nc(COc4ccccc4)no3)cn2)CC1. The van der Waals surface area contributed by atoms with Crippen LogP contribution in [0.2, 0.25) is 0 Å². The summed E-state index contributed by atoms with van der Waals surface area (Å²) in [6.07, 6.45) is 4.17. The Morgan fingerprint density at radius 2 is 1.93 bits per heavy atom. The Kier molecular flexibility index (Phi) is 5.29. The van der Waals surface area contributed by atoms with Gasteiger partial charge in [-0.3, -0.25) is 0 Å². The Morgan fingerprint density at radius 1 is 1.11 bits per heavy atom. The topological polar surface area (TPSA) is 73.5 Å². The first-order chi connectivity index (χ1) is 13.3. The molecule has 0 N–H and O–H groups in total. The number of pyridine rings is 1. The molecule has 0 atom stereocenters. The van der Waals surface area contributed by atoms with Gasteiger partial charge in [0.2, 0.25) is 5.82 Å². The quantitative estimate of drug-likeness (QED) is 0.662. The van der Waals surface area contributed by atoms with Gasteiger partial charge in [0, 0.05) is 26.4 Å². The van der Waals surface area contributed by atoms with Gasteiger partial charge >= 0.3 is 0 Å². The van der Waals surface area contributed by atoms with E-state index in [-0.39, 0.29) is 6.61 Å². The van der Waals surface area contributed by atoms with Crippen LogP contribution < -0.4 is 9.64 Å². The average molecular weight is 366 g/mol. The summed E-state index contributed by atoms with van der Waals surface area (Å²) in [5.41, 5.74) is 0.795. The van der Waals surface area contributed by atoms with Crippen molar-refractivity contribution in [3.05, 3.63) is 54.5 Å². The van der Waals surface area contributed by atoms with Crippen molar-refractivity contribution >= 4 is 5.82 Å².